The number of allylic oxidation sites excluding steroid dienone is 1. The van der Waals surface area contributed by atoms with Crippen LogP contribution in [0.2, 0.25) is 0 Å². The Hall–Kier alpha value is -1.52. The molecule has 0 saturated heterocycles. The molecule has 0 aromatic heterocycles. The van der Waals surface area contributed by atoms with E-state index in [4.69, 9.17) is 5.73 Å². The lowest BCUT2D eigenvalue weighted by atomic mass is 10.4. The van der Waals surface area contributed by atoms with Gasteiger partial charge in [0.15, 0.2) is 0 Å². The van der Waals surface area contributed by atoms with Crippen LogP contribution in [-0.4, -0.2) is 30.5 Å². The van der Waals surface area contributed by atoms with Crippen molar-refractivity contribution >= 4 is 6.41 Å². The van der Waals surface area contributed by atoms with Crippen LogP contribution in [0.25, 0.3) is 0 Å². The average Bonchev–Trinajstić information content (AvgIpc) is 2.02. The Bertz CT molecular complexity index is 213. The van der Waals surface area contributed by atoms with Crippen LogP contribution in [0.5, 0.6) is 0 Å². The lowest BCUT2D eigenvalue weighted by Crippen LogP contribution is -2.22. The highest BCUT2D eigenvalue weighted by Gasteiger charge is 2.00. The Morgan fingerprint density at radius 3 is 2.42 bits per heavy atom. The molecule has 0 aromatic carbocycles. The first kappa shape index (κ1) is 10.5. The van der Waals surface area contributed by atoms with Gasteiger partial charge in [0.2, 0.25) is 6.41 Å². The molecule has 0 heterocycles. The van der Waals surface area contributed by atoms with E-state index < -0.39 is 0 Å². The predicted octanol–water partition coefficient (Wildman–Crippen LogP) is 0.205. The molecule has 1 amide bonds. The van der Waals surface area contributed by atoms with E-state index in [1.165, 1.54) is 20.2 Å². The summed E-state index contributed by atoms with van der Waals surface area (Å²) in [7, 11) is 2.65. The van der Waals surface area contributed by atoms with Crippen LogP contribution in [0.1, 0.15) is 0 Å². The summed E-state index contributed by atoms with van der Waals surface area (Å²) in [4.78, 5) is 11.3. The van der Waals surface area contributed by atoms with Crippen molar-refractivity contribution in [1.82, 2.24) is 10.0 Å². The minimum absolute atomic E-state index is 0.0844. The van der Waals surface area contributed by atoms with Crippen molar-refractivity contribution in [3.8, 4) is 0 Å². The third-order valence-corrected chi connectivity index (χ3v) is 1.28. The van der Waals surface area contributed by atoms with Gasteiger partial charge in [0.05, 0.1) is 5.70 Å². The van der Waals surface area contributed by atoms with Crippen molar-refractivity contribution in [3.05, 3.63) is 24.2 Å². The molecule has 0 aliphatic rings. The highest BCUT2D eigenvalue weighted by Crippen LogP contribution is 2.02. The van der Waals surface area contributed by atoms with Crippen molar-refractivity contribution in [3.63, 3.8) is 0 Å². The maximum atomic E-state index is 12.3. The summed E-state index contributed by atoms with van der Waals surface area (Å²) >= 11 is 0. The fraction of sp³-hybridized carbons (Fsp3) is 0.286. The lowest BCUT2D eigenvalue weighted by molar-refractivity contribution is -0.115. The Morgan fingerprint density at radius 2 is 2.08 bits per heavy atom. The van der Waals surface area contributed by atoms with Crippen LogP contribution in [0.4, 0.5) is 4.48 Å². The number of likely N-dealkylation sites (N-methyl/N-ethyl adjacent to an activating group) is 1. The predicted molar refractivity (Wildman–Crippen MR) is 44.1 cm³/mol. The number of carbonyl (C=O) groups excluding carboxylic acids is 1. The summed E-state index contributed by atoms with van der Waals surface area (Å²) in [6.07, 6.45) is 1.78. The fourth-order valence-corrected chi connectivity index (χ4v) is 0.422. The zero-order valence-corrected chi connectivity index (χ0v) is 7.12. The van der Waals surface area contributed by atoms with Gasteiger partial charge in [-0.2, -0.15) is 0 Å². The third kappa shape index (κ3) is 3.05. The molecule has 0 fully saturated rings. The number of nitrogens with two attached hydrogens (primary N) is 1. The summed E-state index contributed by atoms with van der Waals surface area (Å²) in [5.74, 6) is 0.138. The average molecular weight is 173 g/mol. The van der Waals surface area contributed by atoms with E-state index >= 15 is 0 Å². The van der Waals surface area contributed by atoms with Crippen molar-refractivity contribution < 1.29 is 9.28 Å². The van der Waals surface area contributed by atoms with Crippen molar-refractivity contribution in [2.24, 2.45) is 5.73 Å². The molecule has 0 aliphatic heterocycles. The molecule has 5 heteroatoms. The minimum atomic E-state index is 0.0844. The van der Waals surface area contributed by atoms with Gasteiger partial charge in [0.25, 0.3) is 0 Å². The molecule has 12 heavy (non-hydrogen) atoms. The van der Waals surface area contributed by atoms with Crippen LogP contribution in [0.15, 0.2) is 24.2 Å². The van der Waals surface area contributed by atoms with Gasteiger partial charge in [-0.1, -0.05) is 6.58 Å². The van der Waals surface area contributed by atoms with Crippen LogP contribution in [-0.2, 0) is 4.79 Å². The number of carbonyl (C=O) groups is 1. The smallest absolute Gasteiger partial charge is 0.214 e. The molecular formula is C7H12FN3O. The molecule has 4 nitrogen and oxygen atoms in total. The molecule has 0 aromatic rings. The number of nitrogens with zero attached hydrogens (tertiary/aromatic N) is 2. The molecule has 0 atom stereocenters. The summed E-state index contributed by atoms with van der Waals surface area (Å²) < 4.78 is 12.3. The van der Waals surface area contributed by atoms with E-state index in [-0.39, 0.29) is 11.5 Å². The molecule has 0 spiro atoms. The highest BCUT2D eigenvalue weighted by atomic mass is 19.2. The Morgan fingerprint density at radius 1 is 1.58 bits per heavy atom. The second kappa shape index (κ2) is 4.38. The normalized spacial score (nSPS) is 10.8. The van der Waals surface area contributed by atoms with Gasteiger partial charge in [0, 0.05) is 20.2 Å². The van der Waals surface area contributed by atoms with Crippen molar-refractivity contribution in [2.75, 3.05) is 14.1 Å². The van der Waals surface area contributed by atoms with Crippen LogP contribution >= 0.6 is 0 Å². The Kier molecular flexibility index (Phi) is 3.82. The maximum Gasteiger partial charge on any atom is 0.214 e. The first-order chi connectivity index (χ1) is 5.49. The second-order valence-electron chi connectivity index (χ2n) is 2.25. The van der Waals surface area contributed by atoms with E-state index in [0.29, 0.717) is 11.5 Å². The molecule has 0 radical (unpaired) electrons. The quantitative estimate of drug-likeness (QED) is 0.375. The van der Waals surface area contributed by atoms with Gasteiger partial charge in [-0.25, -0.2) is 5.12 Å². The summed E-state index contributed by atoms with van der Waals surface area (Å²) in [5, 5.41) is 0.311. The molecule has 0 unspecified atom stereocenters. The lowest BCUT2D eigenvalue weighted by Gasteiger charge is -2.12. The molecule has 0 saturated carbocycles. The van der Waals surface area contributed by atoms with Gasteiger partial charge in [0.1, 0.15) is 5.82 Å². The largest absolute Gasteiger partial charge is 0.385 e. The van der Waals surface area contributed by atoms with Crippen molar-refractivity contribution in [2.45, 2.75) is 0 Å². The summed E-state index contributed by atoms with van der Waals surface area (Å²) in [5.41, 5.74) is 5.45. The zero-order chi connectivity index (χ0) is 9.72. The van der Waals surface area contributed by atoms with E-state index in [1.54, 1.807) is 0 Å². The summed E-state index contributed by atoms with van der Waals surface area (Å²) in [6.45, 7) is 3.36. The first-order valence-corrected chi connectivity index (χ1v) is 3.22. The standard InChI is InChI=1S/C7H12FN3O/c1-6(11(3)8)4-7(9)10(2)5-12/h4-5H,1,9H2,2-3H3/b7-4-. The topological polar surface area (TPSA) is 49.6 Å². The van der Waals surface area contributed by atoms with E-state index in [2.05, 4.69) is 6.58 Å². The van der Waals surface area contributed by atoms with Gasteiger partial charge in [-0.05, 0) is 0 Å². The van der Waals surface area contributed by atoms with Gasteiger partial charge < -0.3 is 10.6 Å². The zero-order valence-electron chi connectivity index (χ0n) is 7.12. The van der Waals surface area contributed by atoms with Gasteiger partial charge in [-0.15, -0.1) is 4.48 Å². The molecule has 0 aliphatic carbocycles. The molecule has 2 N–H and O–H groups in total. The number of hydrogen-bond acceptors (Lipinski definition) is 3. The monoisotopic (exact) mass is 173 g/mol. The van der Waals surface area contributed by atoms with E-state index in [0.717, 1.165) is 4.90 Å². The second-order valence-corrected chi connectivity index (χ2v) is 2.25. The maximum absolute atomic E-state index is 12.3. The van der Waals surface area contributed by atoms with Crippen LogP contribution < -0.4 is 5.73 Å². The van der Waals surface area contributed by atoms with E-state index in [1.807, 2.05) is 0 Å². The summed E-state index contributed by atoms with van der Waals surface area (Å²) in [6, 6.07) is 0. The van der Waals surface area contributed by atoms with Gasteiger partial charge in [-0.3, -0.25) is 4.79 Å². The molecule has 0 rings (SSSR count). The Balaban J connectivity index is 4.35. The van der Waals surface area contributed by atoms with E-state index in [9.17, 15) is 9.28 Å². The number of hydrogen-bond donors (Lipinski definition) is 1. The SMILES string of the molecule is C=C(/C=C(/N)N(C)C=O)N(C)F. The number of rotatable bonds is 4. The fourth-order valence-electron chi connectivity index (χ4n) is 0.422. The van der Waals surface area contributed by atoms with Crippen LogP contribution in [0.3, 0.4) is 0 Å². The van der Waals surface area contributed by atoms with Gasteiger partial charge >= 0.3 is 0 Å². The highest BCUT2D eigenvalue weighted by molar-refractivity contribution is 5.50. The van der Waals surface area contributed by atoms with Crippen molar-refractivity contribution in [1.29, 1.82) is 0 Å². The molecular weight excluding hydrogens is 161 g/mol. The molecule has 68 valence electrons. The number of amides is 1. The number of halogens is 1. The first-order valence-electron chi connectivity index (χ1n) is 3.22. The minimum Gasteiger partial charge on any atom is -0.385 e. The molecule has 0 bridgehead atoms. The Labute approximate surface area is 70.7 Å². The van der Waals surface area contributed by atoms with Crippen LogP contribution in [0, 0.1) is 0 Å². The third-order valence-electron chi connectivity index (χ3n) is 1.28.